The van der Waals surface area contributed by atoms with Crippen LogP contribution in [0.3, 0.4) is 0 Å². The summed E-state index contributed by atoms with van der Waals surface area (Å²) in [6.45, 7) is 7.72. The topological polar surface area (TPSA) is 127 Å². The molecule has 0 heterocycles. The number of carboxylic acids is 2. The largest absolute Gasteiger partial charge is 0.481 e. The molecule has 2 unspecified atom stereocenters. The molecular formula is C39H68O8. The molecular weight excluding hydrogens is 596 g/mol. The minimum atomic E-state index is -0.858. The quantitative estimate of drug-likeness (QED) is 0.0385. The molecule has 0 aromatic heterocycles. The minimum absolute atomic E-state index is 0.241. The fourth-order valence-corrected chi connectivity index (χ4v) is 6.01. The van der Waals surface area contributed by atoms with Gasteiger partial charge < -0.3 is 19.7 Å². The minimum Gasteiger partial charge on any atom is -0.481 e. The van der Waals surface area contributed by atoms with Crippen molar-refractivity contribution in [3.05, 3.63) is 25.3 Å². The molecule has 0 radical (unpaired) electrons. The number of carbonyl (C=O) groups is 4. The summed E-state index contributed by atoms with van der Waals surface area (Å²) < 4.78 is 9.95. The van der Waals surface area contributed by atoms with Crippen LogP contribution in [0.15, 0.2) is 25.3 Å². The average Bonchev–Trinajstić information content (AvgIpc) is 3.05. The van der Waals surface area contributed by atoms with Crippen molar-refractivity contribution in [3.8, 4) is 0 Å². The first kappa shape index (κ1) is 44.4. The van der Waals surface area contributed by atoms with Crippen LogP contribution in [0.4, 0.5) is 0 Å². The summed E-state index contributed by atoms with van der Waals surface area (Å²) >= 11 is 0. The first-order chi connectivity index (χ1) is 22.8. The molecule has 8 heteroatoms. The highest BCUT2D eigenvalue weighted by Crippen LogP contribution is 2.25. The van der Waals surface area contributed by atoms with Gasteiger partial charge in [-0.2, -0.15) is 0 Å². The molecule has 0 aromatic rings. The molecule has 0 saturated heterocycles. The van der Waals surface area contributed by atoms with Gasteiger partial charge in [0.15, 0.2) is 0 Å². The predicted octanol–water partition coefficient (Wildman–Crippen LogP) is 10.4. The third kappa shape index (κ3) is 30.4. The number of carboxylic acid groups (broad SMARTS) is 2. The second-order valence-corrected chi connectivity index (χ2v) is 13.1. The SMILES string of the molecule is C=CC(=O)OCCCCCCCCCCCCCCC(CC(CCCCCCCCCCCCCCOC(=O)C=C)C(=O)O)C(=O)O. The van der Waals surface area contributed by atoms with Crippen molar-refractivity contribution >= 4 is 23.9 Å². The van der Waals surface area contributed by atoms with Crippen LogP contribution in [0.2, 0.25) is 0 Å². The molecule has 0 fully saturated rings. The van der Waals surface area contributed by atoms with Crippen molar-refractivity contribution < 1.29 is 38.9 Å². The Morgan fingerprint density at radius 3 is 0.894 bits per heavy atom. The molecule has 0 rings (SSSR count). The molecule has 0 amide bonds. The van der Waals surface area contributed by atoms with E-state index in [-0.39, 0.29) is 18.4 Å². The van der Waals surface area contributed by atoms with Crippen LogP contribution >= 0.6 is 0 Å². The van der Waals surface area contributed by atoms with Gasteiger partial charge in [0, 0.05) is 12.2 Å². The van der Waals surface area contributed by atoms with E-state index in [9.17, 15) is 29.4 Å². The fourth-order valence-electron chi connectivity index (χ4n) is 6.01. The first-order valence-electron chi connectivity index (χ1n) is 18.9. The van der Waals surface area contributed by atoms with Crippen LogP contribution in [0, 0.1) is 11.8 Å². The maximum Gasteiger partial charge on any atom is 0.330 e. The van der Waals surface area contributed by atoms with Crippen molar-refractivity contribution in [2.75, 3.05) is 13.2 Å². The number of aliphatic carboxylic acids is 2. The second-order valence-electron chi connectivity index (χ2n) is 13.1. The van der Waals surface area contributed by atoms with E-state index < -0.39 is 23.8 Å². The van der Waals surface area contributed by atoms with Crippen LogP contribution in [0.5, 0.6) is 0 Å². The maximum absolute atomic E-state index is 11.9. The number of rotatable bonds is 36. The van der Waals surface area contributed by atoms with E-state index in [1.165, 1.54) is 102 Å². The Morgan fingerprint density at radius 2 is 0.660 bits per heavy atom. The van der Waals surface area contributed by atoms with E-state index in [4.69, 9.17) is 9.47 Å². The lowest BCUT2D eigenvalue weighted by molar-refractivity contribution is -0.146. The molecule has 272 valence electrons. The second kappa shape index (κ2) is 33.3. The van der Waals surface area contributed by atoms with Crippen molar-refractivity contribution in [1.82, 2.24) is 0 Å². The van der Waals surface area contributed by atoms with Gasteiger partial charge in [-0.05, 0) is 32.1 Å². The number of esters is 2. The Bertz CT molecular complexity index is 758. The highest BCUT2D eigenvalue weighted by Gasteiger charge is 2.26. The number of unbranched alkanes of at least 4 members (excludes halogenated alkanes) is 22. The lowest BCUT2D eigenvalue weighted by Gasteiger charge is -2.18. The predicted molar refractivity (Wildman–Crippen MR) is 189 cm³/mol. The Balaban J connectivity index is 3.76. The Hall–Kier alpha value is -2.64. The van der Waals surface area contributed by atoms with E-state index in [1.54, 1.807) is 0 Å². The van der Waals surface area contributed by atoms with Crippen LogP contribution in [0.25, 0.3) is 0 Å². The average molecular weight is 665 g/mol. The van der Waals surface area contributed by atoms with Crippen LogP contribution in [-0.2, 0) is 28.7 Å². The molecule has 2 N–H and O–H groups in total. The van der Waals surface area contributed by atoms with E-state index in [2.05, 4.69) is 13.2 Å². The van der Waals surface area contributed by atoms with Crippen molar-refractivity contribution in [3.63, 3.8) is 0 Å². The van der Waals surface area contributed by atoms with Gasteiger partial charge in [-0.3, -0.25) is 9.59 Å². The normalized spacial score (nSPS) is 12.3. The van der Waals surface area contributed by atoms with Gasteiger partial charge in [0.1, 0.15) is 0 Å². The van der Waals surface area contributed by atoms with Gasteiger partial charge in [-0.15, -0.1) is 0 Å². The van der Waals surface area contributed by atoms with Crippen LogP contribution in [-0.4, -0.2) is 47.3 Å². The molecule has 2 atom stereocenters. The summed E-state index contributed by atoms with van der Waals surface area (Å²) in [5.41, 5.74) is 0. The van der Waals surface area contributed by atoms with Gasteiger partial charge in [-0.1, -0.05) is 154 Å². The molecule has 0 aliphatic heterocycles. The Morgan fingerprint density at radius 1 is 0.426 bits per heavy atom. The first-order valence-corrected chi connectivity index (χ1v) is 18.9. The summed E-state index contributed by atoms with van der Waals surface area (Å²) in [4.78, 5) is 45.7. The molecule has 47 heavy (non-hydrogen) atoms. The summed E-state index contributed by atoms with van der Waals surface area (Å²) in [5, 5.41) is 19.5. The molecule has 0 aliphatic carbocycles. The Labute approximate surface area is 286 Å². The summed E-state index contributed by atoms with van der Waals surface area (Å²) in [6, 6.07) is 0. The van der Waals surface area contributed by atoms with Gasteiger partial charge in [0.2, 0.25) is 0 Å². The highest BCUT2D eigenvalue weighted by molar-refractivity contribution is 5.81. The van der Waals surface area contributed by atoms with Crippen LogP contribution < -0.4 is 0 Å². The smallest absolute Gasteiger partial charge is 0.330 e. The third-order valence-electron chi connectivity index (χ3n) is 8.98. The molecule has 0 aromatic carbocycles. The Kier molecular flexibility index (Phi) is 31.4. The number of ether oxygens (including phenoxy) is 2. The van der Waals surface area contributed by atoms with Gasteiger partial charge in [0.05, 0.1) is 25.0 Å². The molecule has 0 spiro atoms. The zero-order valence-electron chi connectivity index (χ0n) is 29.6. The monoisotopic (exact) mass is 664 g/mol. The van der Waals surface area contributed by atoms with Gasteiger partial charge >= 0.3 is 23.9 Å². The number of hydrogen-bond acceptors (Lipinski definition) is 6. The fraction of sp³-hybridized carbons (Fsp3) is 0.795. The van der Waals surface area contributed by atoms with Gasteiger partial charge in [-0.25, -0.2) is 9.59 Å². The molecule has 8 nitrogen and oxygen atoms in total. The van der Waals surface area contributed by atoms with E-state index >= 15 is 0 Å². The molecule has 0 aliphatic rings. The lowest BCUT2D eigenvalue weighted by Crippen LogP contribution is -2.23. The third-order valence-corrected chi connectivity index (χ3v) is 8.98. The lowest BCUT2D eigenvalue weighted by atomic mass is 9.87. The zero-order valence-corrected chi connectivity index (χ0v) is 29.6. The summed E-state index contributed by atoms with van der Waals surface area (Å²) in [5.74, 6) is -3.56. The van der Waals surface area contributed by atoms with Crippen molar-refractivity contribution in [1.29, 1.82) is 0 Å². The van der Waals surface area contributed by atoms with Crippen molar-refractivity contribution in [2.24, 2.45) is 11.8 Å². The molecule has 0 saturated carbocycles. The summed E-state index contributed by atoms with van der Waals surface area (Å²) in [6.07, 6.45) is 30.6. The maximum atomic E-state index is 11.9. The standard InChI is InChI=1S/C39H68O8/c1-3-36(40)46-31-27-23-19-15-11-7-5-9-13-17-21-25-29-34(38(42)43)33-35(39(44)45)30-26-22-18-14-10-6-8-12-16-20-24-28-32-47-37(41)4-2/h3-4,34-35H,1-2,5-33H2,(H,42,43)(H,44,45). The van der Waals surface area contributed by atoms with Gasteiger partial charge in [0.25, 0.3) is 0 Å². The van der Waals surface area contributed by atoms with Crippen molar-refractivity contribution in [2.45, 2.75) is 173 Å². The number of carbonyl (C=O) groups excluding carboxylic acids is 2. The number of hydrogen-bond donors (Lipinski definition) is 2. The molecule has 0 bridgehead atoms. The summed E-state index contributed by atoms with van der Waals surface area (Å²) in [7, 11) is 0. The van der Waals surface area contributed by atoms with E-state index in [0.717, 1.165) is 64.2 Å². The van der Waals surface area contributed by atoms with E-state index in [0.29, 0.717) is 26.1 Å². The zero-order chi connectivity index (χ0) is 34.8. The highest BCUT2D eigenvalue weighted by atomic mass is 16.5. The van der Waals surface area contributed by atoms with Crippen LogP contribution in [0.1, 0.15) is 173 Å². The van der Waals surface area contributed by atoms with E-state index in [1.807, 2.05) is 0 Å².